The first kappa shape index (κ1) is 13.4. The van der Waals surface area contributed by atoms with E-state index in [4.69, 9.17) is 5.73 Å². The van der Waals surface area contributed by atoms with Gasteiger partial charge in [0.15, 0.2) is 0 Å². The van der Waals surface area contributed by atoms with E-state index in [2.05, 4.69) is 20.2 Å². The molecule has 3 rings (SSSR count). The zero-order valence-corrected chi connectivity index (χ0v) is 12.2. The normalized spacial score (nSPS) is 14.2. The van der Waals surface area contributed by atoms with E-state index in [-0.39, 0.29) is 17.5 Å². The van der Waals surface area contributed by atoms with Crippen LogP contribution >= 0.6 is 0 Å². The number of hydrogen-bond donors (Lipinski definition) is 1. The Bertz CT molecular complexity index is 847. The van der Waals surface area contributed by atoms with Crippen LogP contribution in [-0.4, -0.2) is 21.1 Å². The Morgan fingerprint density at radius 3 is 2.71 bits per heavy atom. The van der Waals surface area contributed by atoms with Gasteiger partial charge in [0.05, 0.1) is 23.5 Å². The second-order valence-corrected chi connectivity index (χ2v) is 5.24. The Labute approximate surface area is 121 Å². The molecule has 0 spiro atoms. The quantitative estimate of drug-likeness (QED) is 0.912. The molecule has 0 aromatic carbocycles. The predicted octanol–water partition coefficient (Wildman–Crippen LogP) is 2.07. The van der Waals surface area contributed by atoms with Gasteiger partial charge in [0.1, 0.15) is 5.65 Å². The van der Waals surface area contributed by atoms with Crippen molar-refractivity contribution in [1.82, 2.24) is 14.5 Å². The van der Waals surface area contributed by atoms with Crippen molar-refractivity contribution in [2.45, 2.75) is 26.8 Å². The zero-order valence-electron chi connectivity index (χ0n) is 12.2. The first-order valence-corrected chi connectivity index (χ1v) is 6.76. The minimum atomic E-state index is -0.137. The van der Waals surface area contributed by atoms with E-state index in [1.54, 1.807) is 10.6 Å². The summed E-state index contributed by atoms with van der Waals surface area (Å²) < 4.78 is 1.63. The van der Waals surface area contributed by atoms with Crippen molar-refractivity contribution in [1.29, 1.82) is 0 Å². The highest BCUT2D eigenvalue weighted by atomic mass is 16.1. The molecule has 0 amide bonds. The van der Waals surface area contributed by atoms with Crippen molar-refractivity contribution in [2.75, 3.05) is 12.3 Å². The molecule has 0 atom stereocenters. The topological polar surface area (TPSA) is 98.5 Å². The van der Waals surface area contributed by atoms with Gasteiger partial charge in [0.25, 0.3) is 5.56 Å². The summed E-state index contributed by atoms with van der Waals surface area (Å²) in [4.78, 5) is 21.2. The van der Waals surface area contributed by atoms with E-state index in [0.717, 1.165) is 11.1 Å². The van der Waals surface area contributed by atoms with Crippen LogP contribution in [0.4, 0.5) is 5.95 Å². The van der Waals surface area contributed by atoms with Gasteiger partial charge >= 0.3 is 0 Å². The Kier molecular flexibility index (Phi) is 3.04. The van der Waals surface area contributed by atoms with Gasteiger partial charge in [0, 0.05) is 11.4 Å². The average molecular weight is 284 g/mol. The number of pyridine rings is 1. The lowest BCUT2D eigenvalue weighted by Crippen LogP contribution is -2.26. The third kappa shape index (κ3) is 2.10. The highest BCUT2D eigenvalue weighted by Gasteiger charge is 2.18. The lowest BCUT2D eigenvalue weighted by atomic mass is 10.1. The highest BCUT2D eigenvalue weighted by molar-refractivity contribution is 5.83. The molecule has 0 saturated heterocycles. The van der Waals surface area contributed by atoms with E-state index in [0.29, 0.717) is 23.5 Å². The second kappa shape index (κ2) is 4.76. The van der Waals surface area contributed by atoms with Crippen molar-refractivity contribution >= 4 is 22.7 Å². The molecule has 7 heteroatoms. The summed E-state index contributed by atoms with van der Waals surface area (Å²) in [6.45, 7) is 6.22. The maximum absolute atomic E-state index is 12.8. The summed E-state index contributed by atoms with van der Waals surface area (Å²) >= 11 is 0. The maximum atomic E-state index is 12.8. The van der Waals surface area contributed by atoms with Gasteiger partial charge in [-0.3, -0.25) is 9.36 Å². The molecule has 21 heavy (non-hydrogen) atoms. The lowest BCUT2D eigenvalue weighted by molar-refractivity contribution is 0.594. The molecule has 7 nitrogen and oxygen atoms in total. The number of azo groups is 1. The first-order valence-electron chi connectivity index (χ1n) is 6.76. The summed E-state index contributed by atoms with van der Waals surface area (Å²) in [6, 6.07) is 1.73. The number of rotatable bonds is 2. The van der Waals surface area contributed by atoms with Crippen LogP contribution in [0, 0.1) is 6.92 Å². The van der Waals surface area contributed by atoms with Crippen molar-refractivity contribution in [3.8, 4) is 0 Å². The number of aromatic nitrogens is 3. The van der Waals surface area contributed by atoms with Gasteiger partial charge in [-0.25, -0.2) is 4.98 Å². The minimum Gasteiger partial charge on any atom is -0.368 e. The second-order valence-electron chi connectivity index (χ2n) is 5.24. The van der Waals surface area contributed by atoms with Crippen molar-refractivity contribution in [3.63, 3.8) is 0 Å². The molecule has 0 aliphatic carbocycles. The van der Waals surface area contributed by atoms with Crippen LogP contribution in [0.3, 0.4) is 0 Å². The molecule has 2 N–H and O–H groups in total. The molecule has 108 valence electrons. The molecule has 0 radical (unpaired) electrons. The van der Waals surface area contributed by atoms with Crippen LogP contribution in [0.2, 0.25) is 0 Å². The molecule has 1 aliphatic rings. The molecule has 0 saturated carbocycles. The first-order chi connectivity index (χ1) is 9.99. The van der Waals surface area contributed by atoms with Crippen molar-refractivity contribution in [3.05, 3.63) is 33.8 Å². The smallest absolute Gasteiger partial charge is 0.261 e. The summed E-state index contributed by atoms with van der Waals surface area (Å²) in [6.07, 6.45) is 1.83. The van der Waals surface area contributed by atoms with Crippen molar-refractivity contribution < 1.29 is 0 Å². The molecule has 1 aliphatic heterocycles. The Morgan fingerprint density at radius 1 is 1.33 bits per heavy atom. The van der Waals surface area contributed by atoms with E-state index in [9.17, 15) is 4.79 Å². The lowest BCUT2D eigenvalue weighted by Gasteiger charge is -2.16. The monoisotopic (exact) mass is 284 g/mol. The molecule has 0 bridgehead atoms. The third-order valence-electron chi connectivity index (χ3n) is 3.44. The summed E-state index contributed by atoms with van der Waals surface area (Å²) in [5.41, 5.74) is 8.01. The number of nitrogens with zero attached hydrogens (tertiary/aromatic N) is 5. The Morgan fingerprint density at radius 2 is 2.10 bits per heavy atom. The fraction of sp³-hybridized carbons (Fsp3) is 0.357. The summed E-state index contributed by atoms with van der Waals surface area (Å²) in [7, 11) is 0. The number of aryl methyl sites for hydroxylation is 1. The summed E-state index contributed by atoms with van der Waals surface area (Å²) in [5.74, 6) is 0.168. The van der Waals surface area contributed by atoms with Gasteiger partial charge in [0.2, 0.25) is 5.95 Å². The third-order valence-corrected chi connectivity index (χ3v) is 3.44. The Hall–Kier alpha value is -2.57. The molecule has 2 aromatic rings. The Balaban J connectivity index is 2.45. The SMILES string of the molecule is Cc1nc(N)nc2c1cc(C1=CCN=N1)c(=O)n2C(C)C. The molecular weight excluding hydrogens is 268 g/mol. The molecule has 0 unspecified atom stereocenters. The standard InChI is InChI=1S/C14H16N6O/c1-7(2)20-12-9(8(3)17-14(15)18-12)6-10(13(20)21)11-4-5-16-19-11/h4,6-7H,5H2,1-3H3,(H2,15,17,18). The minimum absolute atomic E-state index is 0.0485. The van der Waals surface area contributed by atoms with E-state index >= 15 is 0 Å². The number of fused-ring (bicyclic) bond motifs is 1. The predicted molar refractivity (Wildman–Crippen MR) is 81.0 cm³/mol. The van der Waals surface area contributed by atoms with Crippen molar-refractivity contribution in [2.24, 2.45) is 10.2 Å². The molecule has 3 heterocycles. The molecular formula is C14H16N6O. The van der Waals surface area contributed by atoms with Crippen LogP contribution in [0.1, 0.15) is 31.1 Å². The van der Waals surface area contributed by atoms with Gasteiger partial charge in [-0.05, 0) is 32.9 Å². The van der Waals surface area contributed by atoms with Crippen LogP contribution in [0.25, 0.3) is 16.7 Å². The zero-order chi connectivity index (χ0) is 15.1. The summed E-state index contributed by atoms with van der Waals surface area (Å²) in [5, 5.41) is 8.74. The number of hydrogen-bond acceptors (Lipinski definition) is 6. The van der Waals surface area contributed by atoms with Gasteiger partial charge in [-0.15, -0.1) is 0 Å². The largest absolute Gasteiger partial charge is 0.368 e. The fourth-order valence-electron chi connectivity index (χ4n) is 2.48. The number of nitrogen functional groups attached to an aromatic ring is 1. The highest BCUT2D eigenvalue weighted by Crippen LogP contribution is 2.24. The average Bonchev–Trinajstić information content (AvgIpc) is 2.91. The van der Waals surface area contributed by atoms with Crippen LogP contribution in [0.15, 0.2) is 27.2 Å². The van der Waals surface area contributed by atoms with Gasteiger partial charge in [-0.1, -0.05) is 0 Å². The van der Waals surface area contributed by atoms with Crippen LogP contribution < -0.4 is 11.3 Å². The van der Waals surface area contributed by atoms with E-state index < -0.39 is 0 Å². The fourth-order valence-corrected chi connectivity index (χ4v) is 2.48. The number of nitrogens with two attached hydrogens (primary N) is 1. The van der Waals surface area contributed by atoms with E-state index in [1.807, 2.05) is 26.8 Å². The number of anilines is 1. The molecule has 0 fully saturated rings. The van der Waals surface area contributed by atoms with Gasteiger partial charge in [-0.2, -0.15) is 15.2 Å². The van der Waals surface area contributed by atoms with Gasteiger partial charge < -0.3 is 5.73 Å². The van der Waals surface area contributed by atoms with E-state index in [1.165, 1.54) is 0 Å². The maximum Gasteiger partial charge on any atom is 0.261 e. The van der Waals surface area contributed by atoms with Crippen LogP contribution in [-0.2, 0) is 0 Å². The van der Waals surface area contributed by atoms with Crippen LogP contribution in [0.5, 0.6) is 0 Å². The molecule has 2 aromatic heterocycles.